The van der Waals surface area contributed by atoms with E-state index in [4.69, 9.17) is 0 Å². The lowest BCUT2D eigenvalue weighted by Crippen LogP contribution is -2.51. The fourth-order valence-corrected chi connectivity index (χ4v) is 4.51. The number of nitrogens with one attached hydrogen (secondary N) is 1. The molecule has 3 aliphatic rings. The first kappa shape index (κ1) is 12.6. The number of likely N-dealkylation sites (tertiary alicyclic amines) is 1. The topological polar surface area (TPSA) is 15.3 Å². The first-order chi connectivity index (χ1) is 9.79. The molecule has 1 spiro atoms. The summed E-state index contributed by atoms with van der Waals surface area (Å²) < 4.78 is 0. The summed E-state index contributed by atoms with van der Waals surface area (Å²) in [5, 5.41) is 3.51. The van der Waals surface area contributed by atoms with Crippen LogP contribution in [0, 0.1) is 5.92 Å². The minimum atomic E-state index is 0.305. The number of benzene rings is 1. The Morgan fingerprint density at radius 1 is 1.30 bits per heavy atom. The van der Waals surface area contributed by atoms with Crippen LogP contribution >= 0.6 is 0 Å². The second-order valence-electron chi connectivity index (χ2n) is 6.75. The summed E-state index contributed by atoms with van der Waals surface area (Å²) in [7, 11) is 0. The third-order valence-electron chi connectivity index (χ3n) is 5.77. The molecule has 0 aromatic heterocycles. The SMILES string of the molecule is C[C@H]1CN([C@@H]2CCNC2)CC[C@@]12C=Cc1ccccc12. The van der Waals surface area contributed by atoms with E-state index in [9.17, 15) is 0 Å². The van der Waals surface area contributed by atoms with Crippen LogP contribution in [0.15, 0.2) is 30.3 Å². The highest BCUT2D eigenvalue weighted by Gasteiger charge is 2.44. The number of hydrogen-bond acceptors (Lipinski definition) is 2. The number of hydrogen-bond donors (Lipinski definition) is 1. The lowest BCUT2D eigenvalue weighted by atomic mass is 9.68. The Morgan fingerprint density at radius 3 is 3.00 bits per heavy atom. The van der Waals surface area contributed by atoms with Crippen LogP contribution in [0.25, 0.3) is 6.08 Å². The number of allylic oxidation sites excluding steroid dienone is 1. The van der Waals surface area contributed by atoms with Crippen molar-refractivity contribution in [2.24, 2.45) is 5.92 Å². The zero-order valence-corrected chi connectivity index (χ0v) is 12.3. The molecule has 1 aliphatic carbocycles. The Hall–Kier alpha value is -1.12. The molecule has 2 heterocycles. The quantitative estimate of drug-likeness (QED) is 0.842. The summed E-state index contributed by atoms with van der Waals surface area (Å²) in [6, 6.07) is 9.74. The van der Waals surface area contributed by atoms with Crippen molar-refractivity contribution in [3.05, 3.63) is 41.5 Å². The van der Waals surface area contributed by atoms with Crippen molar-refractivity contribution in [2.45, 2.75) is 31.2 Å². The summed E-state index contributed by atoms with van der Waals surface area (Å²) in [5.74, 6) is 0.705. The fraction of sp³-hybridized carbons (Fsp3) is 0.556. The van der Waals surface area contributed by atoms with Gasteiger partial charge in [0, 0.05) is 24.5 Å². The lowest BCUT2D eigenvalue weighted by Gasteiger charge is -2.46. The molecule has 2 saturated heterocycles. The van der Waals surface area contributed by atoms with Crippen LogP contribution in [0.5, 0.6) is 0 Å². The highest BCUT2D eigenvalue weighted by Crippen LogP contribution is 2.47. The van der Waals surface area contributed by atoms with E-state index in [-0.39, 0.29) is 0 Å². The summed E-state index contributed by atoms with van der Waals surface area (Å²) in [4.78, 5) is 2.73. The van der Waals surface area contributed by atoms with Gasteiger partial charge in [0.2, 0.25) is 0 Å². The van der Waals surface area contributed by atoms with Gasteiger partial charge in [0.25, 0.3) is 0 Å². The van der Waals surface area contributed by atoms with Gasteiger partial charge in [-0.3, -0.25) is 4.90 Å². The molecule has 20 heavy (non-hydrogen) atoms. The third-order valence-corrected chi connectivity index (χ3v) is 5.77. The molecule has 0 amide bonds. The van der Waals surface area contributed by atoms with Gasteiger partial charge in [-0.1, -0.05) is 43.3 Å². The summed E-state index contributed by atoms with van der Waals surface area (Å²) in [5.41, 5.74) is 3.31. The minimum Gasteiger partial charge on any atom is -0.315 e. The Labute approximate surface area is 121 Å². The Bertz CT molecular complexity index is 530. The molecule has 1 N–H and O–H groups in total. The maximum absolute atomic E-state index is 3.51. The van der Waals surface area contributed by atoms with E-state index in [0.717, 1.165) is 6.04 Å². The maximum atomic E-state index is 3.51. The second-order valence-corrected chi connectivity index (χ2v) is 6.75. The highest BCUT2D eigenvalue weighted by molar-refractivity contribution is 5.65. The van der Waals surface area contributed by atoms with Gasteiger partial charge in [-0.15, -0.1) is 0 Å². The molecular weight excluding hydrogens is 244 g/mol. The van der Waals surface area contributed by atoms with Crippen LogP contribution < -0.4 is 5.32 Å². The van der Waals surface area contributed by atoms with Crippen LogP contribution in [0.1, 0.15) is 30.9 Å². The number of fused-ring (bicyclic) bond motifs is 2. The average Bonchev–Trinajstić information content (AvgIpc) is 3.12. The highest BCUT2D eigenvalue weighted by atomic mass is 15.2. The fourth-order valence-electron chi connectivity index (χ4n) is 4.51. The van der Waals surface area contributed by atoms with Crippen molar-refractivity contribution in [1.29, 1.82) is 0 Å². The molecule has 0 saturated carbocycles. The maximum Gasteiger partial charge on any atom is 0.0232 e. The van der Waals surface area contributed by atoms with Crippen molar-refractivity contribution in [2.75, 3.05) is 26.2 Å². The van der Waals surface area contributed by atoms with Crippen molar-refractivity contribution in [1.82, 2.24) is 10.2 Å². The van der Waals surface area contributed by atoms with E-state index in [0.29, 0.717) is 11.3 Å². The van der Waals surface area contributed by atoms with E-state index in [1.54, 1.807) is 5.56 Å². The first-order valence-electron chi connectivity index (χ1n) is 8.03. The molecule has 106 valence electrons. The zero-order valence-electron chi connectivity index (χ0n) is 12.3. The van der Waals surface area contributed by atoms with Crippen LogP contribution in [0.2, 0.25) is 0 Å². The number of nitrogens with zero attached hydrogens (tertiary/aromatic N) is 1. The van der Waals surface area contributed by atoms with Gasteiger partial charge in [0.1, 0.15) is 0 Å². The van der Waals surface area contributed by atoms with Gasteiger partial charge in [-0.2, -0.15) is 0 Å². The molecule has 0 bridgehead atoms. The molecule has 2 aliphatic heterocycles. The standard InChI is InChI=1S/C18H24N2/c1-14-13-20(16-7-10-19-12-16)11-9-18(14)8-6-15-4-2-3-5-17(15)18/h2-6,8,14,16,19H,7,9-13H2,1H3/t14-,16+,18-/m0/s1. The van der Waals surface area contributed by atoms with Gasteiger partial charge in [-0.25, -0.2) is 0 Å². The largest absolute Gasteiger partial charge is 0.315 e. The molecule has 2 heteroatoms. The van der Waals surface area contributed by atoms with E-state index in [2.05, 4.69) is 53.6 Å². The molecule has 3 atom stereocenters. The summed E-state index contributed by atoms with van der Waals surface area (Å²) in [6.45, 7) is 7.32. The lowest BCUT2D eigenvalue weighted by molar-refractivity contribution is 0.0954. The van der Waals surface area contributed by atoms with Crippen LogP contribution in [-0.4, -0.2) is 37.1 Å². The number of rotatable bonds is 1. The van der Waals surface area contributed by atoms with E-state index >= 15 is 0 Å². The van der Waals surface area contributed by atoms with Gasteiger partial charge in [0.15, 0.2) is 0 Å². The Kier molecular flexibility index (Phi) is 2.97. The normalized spacial score (nSPS) is 36.6. The van der Waals surface area contributed by atoms with Gasteiger partial charge in [-0.05, 0) is 43.0 Å². The molecule has 0 radical (unpaired) electrons. The monoisotopic (exact) mass is 268 g/mol. The molecule has 1 aromatic rings. The Morgan fingerprint density at radius 2 is 2.20 bits per heavy atom. The van der Waals surface area contributed by atoms with Crippen molar-refractivity contribution in [3.63, 3.8) is 0 Å². The van der Waals surface area contributed by atoms with E-state index < -0.39 is 0 Å². The molecule has 0 unspecified atom stereocenters. The van der Waals surface area contributed by atoms with Crippen LogP contribution in [0.4, 0.5) is 0 Å². The predicted molar refractivity (Wildman–Crippen MR) is 83.8 cm³/mol. The molecule has 2 fully saturated rings. The molecular formula is C18H24N2. The summed E-state index contributed by atoms with van der Waals surface area (Å²) >= 11 is 0. The van der Waals surface area contributed by atoms with Crippen molar-refractivity contribution in [3.8, 4) is 0 Å². The molecule has 1 aromatic carbocycles. The second kappa shape index (κ2) is 4.71. The van der Waals surface area contributed by atoms with E-state index in [1.165, 1.54) is 44.6 Å². The average molecular weight is 268 g/mol. The van der Waals surface area contributed by atoms with Crippen molar-refractivity contribution < 1.29 is 0 Å². The molecule has 4 rings (SSSR count). The van der Waals surface area contributed by atoms with Crippen LogP contribution in [-0.2, 0) is 5.41 Å². The Balaban J connectivity index is 1.59. The van der Waals surface area contributed by atoms with Gasteiger partial charge >= 0.3 is 0 Å². The first-order valence-corrected chi connectivity index (χ1v) is 8.03. The van der Waals surface area contributed by atoms with Gasteiger partial charge < -0.3 is 5.32 Å². The van der Waals surface area contributed by atoms with E-state index in [1.807, 2.05) is 0 Å². The predicted octanol–water partition coefficient (Wildman–Crippen LogP) is 2.65. The summed E-state index contributed by atoms with van der Waals surface area (Å²) in [6.07, 6.45) is 7.44. The zero-order chi connectivity index (χ0) is 13.6. The van der Waals surface area contributed by atoms with Gasteiger partial charge in [0.05, 0.1) is 0 Å². The molecule has 2 nitrogen and oxygen atoms in total. The van der Waals surface area contributed by atoms with Crippen LogP contribution in [0.3, 0.4) is 0 Å². The smallest absolute Gasteiger partial charge is 0.0232 e. The third kappa shape index (κ3) is 1.78. The van der Waals surface area contributed by atoms with Crippen molar-refractivity contribution >= 4 is 6.08 Å². The number of piperidine rings is 1. The minimum absolute atomic E-state index is 0.305.